The van der Waals surface area contributed by atoms with Crippen LogP contribution in [0.2, 0.25) is 78.6 Å². The van der Waals surface area contributed by atoms with Crippen molar-refractivity contribution in [2.45, 2.75) is 168 Å². The summed E-state index contributed by atoms with van der Waals surface area (Å²) < 4.78 is 27.4. The number of fused-ring (bicyclic) bond motifs is 5. The van der Waals surface area contributed by atoms with E-state index in [0.29, 0.717) is 36.4 Å². The Bertz CT molecular complexity index is 952. The minimum absolute atomic E-state index is 0.195. The van der Waals surface area contributed by atoms with Gasteiger partial charge in [-0.3, -0.25) is 0 Å². The predicted octanol–water partition coefficient (Wildman–Crippen LogP) is 8.88. The van der Waals surface area contributed by atoms with Gasteiger partial charge in [0.25, 0.3) is 0 Å². The van der Waals surface area contributed by atoms with Crippen LogP contribution in [-0.4, -0.2) is 68.9 Å². The Balaban J connectivity index is 1.70. The van der Waals surface area contributed by atoms with Crippen LogP contribution in [0.15, 0.2) is 0 Å². The van der Waals surface area contributed by atoms with E-state index in [0.717, 1.165) is 19.3 Å². The highest BCUT2D eigenvalue weighted by molar-refractivity contribution is 6.70. The van der Waals surface area contributed by atoms with E-state index in [1.807, 2.05) is 0 Å². The summed E-state index contributed by atoms with van der Waals surface area (Å²) in [5.74, 6) is 2.37. The van der Waals surface area contributed by atoms with Crippen molar-refractivity contribution in [3.63, 3.8) is 0 Å². The number of rotatable bonds is 10. The van der Waals surface area contributed by atoms with Gasteiger partial charge in [-0.05, 0) is 159 Å². The third-order valence-electron chi connectivity index (χ3n) is 11.5. The summed E-state index contributed by atoms with van der Waals surface area (Å²) in [6, 6.07) is 0. The van der Waals surface area contributed by atoms with Crippen molar-refractivity contribution in [2.24, 2.45) is 34.5 Å². The second kappa shape index (κ2) is 11.7. The molecule has 10 atom stereocenters. The van der Waals surface area contributed by atoms with Crippen LogP contribution in [0, 0.1) is 34.5 Å². The molecule has 4 rings (SSSR count). The summed E-state index contributed by atoms with van der Waals surface area (Å²) in [6.07, 6.45) is 9.40. The van der Waals surface area contributed by atoms with Crippen molar-refractivity contribution >= 4 is 33.3 Å². The molecule has 4 fully saturated rings. The molecule has 0 bridgehead atoms. The van der Waals surface area contributed by atoms with E-state index < -0.39 is 38.9 Å². The molecule has 42 heavy (non-hydrogen) atoms. The minimum Gasteiger partial charge on any atom is -0.415 e. The molecule has 4 unspecified atom stereocenters. The highest BCUT2D eigenvalue weighted by Crippen LogP contribution is 2.69. The molecule has 0 spiro atoms. The molecule has 5 nitrogen and oxygen atoms in total. The maximum Gasteiger partial charge on any atom is 0.184 e. The lowest BCUT2D eigenvalue weighted by Gasteiger charge is -2.65. The zero-order valence-corrected chi connectivity index (χ0v) is 34.0. The largest absolute Gasteiger partial charge is 0.415 e. The van der Waals surface area contributed by atoms with Gasteiger partial charge in [0, 0.05) is 17.6 Å². The van der Waals surface area contributed by atoms with Crippen molar-refractivity contribution in [1.82, 2.24) is 0 Å². The first-order valence-electron chi connectivity index (χ1n) is 17.3. The second-order valence-electron chi connectivity index (χ2n) is 19.2. The number of hydrogen-bond donors (Lipinski definition) is 1. The normalized spacial score (nSPS) is 42.1. The van der Waals surface area contributed by atoms with Crippen molar-refractivity contribution in [2.75, 3.05) is 6.61 Å². The van der Waals surface area contributed by atoms with Gasteiger partial charge in [-0.15, -0.1) is 0 Å². The lowest BCUT2D eigenvalue weighted by atomic mass is 9.43. The van der Waals surface area contributed by atoms with E-state index in [9.17, 15) is 5.11 Å². The zero-order valence-electron chi connectivity index (χ0n) is 30.0. The van der Waals surface area contributed by atoms with Gasteiger partial charge in [-0.25, -0.2) is 0 Å². The van der Waals surface area contributed by atoms with Gasteiger partial charge in [0.15, 0.2) is 33.3 Å². The van der Waals surface area contributed by atoms with Gasteiger partial charge in [-0.2, -0.15) is 0 Å². The molecule has 0 amide bonds. The summed E-state index contributed by atoms with van der Waals surface area (Å²) >= 11 is 0. The Morgan fingerprint density at radius 2 is 1.36 bits per heavy atom. The van der Waals surface area contributed by atoms with E-state index in [-0.39, 0.29) is 23.0 Å². The van der Waals surface area contributed by atoms with Gasteiger partial charge in [-0.1, -0.05) is 13.8 Å². The van der Waals surface area contributed by atoms with E-state index >= 15 is 0 Å². The SMILES string of the molecule is C[C@]12CC(O[Si](C)(C)C)C3C(CC[C@@H]4C[C@H](O[Si](C)(C)C)CC[C@]34C)C1CC[C@]2(O)[C@H](CO[Si](C)(C)C)O[Si](C)(C)C. The smallest absolute Gasteiger partial charge is 0.184 e. The van der Waals surface area contributed by atoms with E-state index in [2.05, 4.69) is 92.4 Å². The quantitative estimate of drug-likeness (QED) is 0.238. The highest BCUT2D eigenvalue weighted by Gasteiger charge is 2.69. The second-order valence-corrected chi connectivity index (χ2v) is 37.1. The van der Waals surface area contributed by atoms with Gasteiger partial charge in [0.05, 0.1) is 18.3 Å². The van der Waals surface area contributed by atoms with Crippen LogP contribution in [-0.2, 0) is 17.7 Å². The molecule has 4 saturated carbocycles. The fourth-order valence-corrected chi connectivity index (χ4v) is 14.2. The molecule has 0 saturated heterocycles. The van der Waals surface area contributed by atoms with Gasteiger partial charge in [0.1, 0.15) is 0 Å². The molecule has 0 aliphatic heterocycles. The molecule has 0 aromatic heterocycles. The first-order valence-corrected chi connectivity index (χ1v) is 30.9. The van der Waals surface area contributed by atoms with Crippen LogP contribution in [0.25, 0.3) is 0 Å². The van der Waals surface area contributed by atoms with E-state index in [4.69, 9.17) is 17.7 Å². The van der Waals surface area contributed by atoms with Crippen molar-refractivity contribution in [3.05, 3.63) is 0 Å². The Morgan fingerprint density at radius 3 is 1.90 bits per heavy atom. The van der Waals surface area contributed by atoms with Crippen molar-refractivity contribution in [3.8, 4) is 0 Å². The monoisotopic (exact) mass is 656 g/mol. The first kappa shape index (κ1) is 35.5. The molecule has 0 radical (unpaired) electrons. The molecule has 0 heterocycles. The van der Waals surface area contributed by atoms with E-state index in [1.165, 1.54) is 32.1 Å². The Hall–Kier alpha value is 0.668. The summed E-state index contributed by atoms with van der Waals surface area (Å²) in [5.41, 5.74) is -0.860. The summed E-state index contributed by atoms with van der Waals surface area (Å²) in [5, 5.41) is 13.0. The van der Waals surface area contributed by atoms with Gasteiger partial charge >= 0.3 is 0 Å². The Labute approximate surface area is 264 Å². The average molecular weight is 657 g/mol. The summed E-state index contributed by atoms with van der Waals surface area (Å²) in [6.45, 7) is 33.1. The molecule has 4 aliphatic rings. The fourth-order valence-electron chi connectivity index (χ4n) is 10.1. The zero-order chi connectivity index (χ0) is 31.7. The lowest BCUT2D eigenvalue weighted by Crippen LogP contribution is -2.66. The fraction of sp³-hybridized carbons (Fsp3) is 1.00. The average Bonchev–Trinajstić information content (AvgIpc) is 3.04. The van der Waals surface area contributed by atoms with Crippen molar-refractivity contribution in [1.29, 1.82) is 0 Å². The third kappa shape index (κ3) is 7.45. The van der Waals surface area contributed by atoms with Crippen LogP contribution in [0.4, 0.5) is 0 Å². The minimum atomic E-state index is -1.93. The Kier molecular flexibility index (Phi) is 9.92. The highest BCUT2D eigenvalue weighted by atomic mass is 28.4. The predicted molar refractivity (Wildman–Crippen MR) is 186 cm³/mol. The van der Waals surface area contributed by atoms with Crippen LogP contribution >= 0.6 is 0 Å². The molecule has 246 valence electrons. The third-order valence-corrected chi connectivity index (χ3v) is 15.5. The Morgan fingerprint density at radius 1 is 0.738 bits per heavy atom. The number of hydrogen-bond acceptors (Lipinski definition) is 5. The topological polar surface area (TPSA) is 57.2 Å². The maximum atomic E-state index is 13.0. The number of aliphatic hydroxyl groups is 1. The molecule has 0 aromatic rings. The van der Waals surface area contributed by atoms with Gasteiger partial charge in [0.2, 0.25) is 0 Å². The van der Waals surface area contributed by atoms with Crippen LogP contribution in [0.3, 0.4) is 0 Å². The van der Waals surface area contributed by atoms with Crippen LogP contribution in [0.1, 0.15) is 65.2 Å². The molecule has 9 heteroatoms. The first-order chi connectivity index (χ1) is 18.9. The maximum absolute atomic E-state index is 13.0. The van der Waals surface area contributed by atoms with E-state index in [1.54, 1.807) is 0 Å². The molecular weight excluding hydrogens is 589 g/mol. The molecule has 1 N–H and O–H groups in total. The standard InChI is InChI=1S/C33H68O5Si4/c1-31-19-17-25(36-40(6,7)8)21-24(31)15-16-26-27-18-20-33(34,29(38-42(12,13)14)23-35-39(3,4)5)32(27,2)22-28(30(26)31)37-41(9,10)11/h24-30,34H,15-23H2,1-14H3/t24-,25-,26?,27?,28?,29+,30?,31+,32+,33+/m1/s1. The summed E-state index contributed by atoms with van der Waals surface area (Å²) in [7, 11) is -7.09. The van der Waals surface area contributed by atoms with Crippen molar-refractivity contribution < 1.29 is 22.8 Å². The lowest BCUT2D eigenvalue weighted by molar-refractivity contribution is -0.217. The molecular formula is C33H68O5Si4. The van der Waals surface area contributed by atoms with Crippen LogP contribution < -0.4 is 0 Å². The molecule has 4 aliphatic carbocycles. The van der Waals surface area contributed by atoms with Gasteiger partial charge < -0.3 is 22.8 Å². The molecule has 0 aromatic carbocycles. The summed E-state index contributed by atoms with van der Waals surface area (Å²) in [4.78, 5) is 0. The van der Waals surface area contributed by atoms with Crippen LogP contribution in [0.5, 0.6) is 0 Å².